The first-order valence-corrected chi connectivity index (χ1v) is 8.82. The van der Waals surface area contributed by atoms with Crippen molar-refractivity contribution >= 4 is 33.5 Å². The van der Waals surface area contributed by atoms with E-state index in [1.54, 1.807) is 24.3 Å². The van der Waals surface area contributed by atoms with Crippen LogP contribution in [0.15, 0.2) is 28.7 Å². The van der Waals surface area contributed by atoms with Crippen LogP contribution in [0.2, 0.25) is 0 Å². The van der Waals surface area contributed by atoms with Crippen molar-refractivity contribution < 1.29 is 19.2 Å². The Morgan fingerprint density at radius 1 is 1.33 bits per heavy atom. The van der Waals surface area contributed by atoms with Gasteiger partial charge in [-0.15, -0.1) is 0 Å². The van der Waals surface area contributed by atoms with Crippen LogP contribution in [0.5, 0.6) is 0 Å². The van der Waals surface area contributed by atoms with E-state index in [9.17, 15) is 19.7 Å². The lowest BCUT2D eigenvalue weighted by Crippen LogP contribution is -2.33. The number of amides is 1. The first kappa shape index (κ1) is 20.6. The molecule has 9 nitrogen and oxygen atoms in total. The van der Waals surface area contributed by atoms with E-state index in [2.05, 4.69) is 26.3 Å². The van der Waals surface area contributed by atoms with Gasteiger partial charge in [0.15, 0.2) is 0 Å². The predicted octanol–water partition coefficient (Wildman–Crippen LogP) is 2.59. The van der Waals surface area contributed by atoms with Gasteiger partial charge in [-0.3, -0.25) is 24.4 Å². The van der Waals surface area contributed by atoms with Crippen LogP contribution in [0.4, 0.5) is 5.69 Å². The fourth-order valence-electron chi connectivity index (χ4n) is 2.68. The zero-order valence-corrected chi connectivity index (χ0v) is 16.6. The number of halogens is 1. The van der Waals surface area contributed by atoms with Gasteiger partial charge in [0.2, 0.25) is 5.91 Å². The zero-order chi connectivity index (χ0) is 20.1. The number of methoxy groups -OCH3 is 1. The average molecular weight is 439 g/mol. The van der Waals surface area contributed by atoms with E-state index < -0.39 is 22.8 Å². The minimum absolute atomic E-state index is 0.0405. The lowest BCUT2D eigenvalue weighted by atomic mass is 10.0. The number of hydrogen-bond donors (Lipinski definition) is 1. The minimum Gasteiger partial charge on any atom is -0.469 e. The van der Waals surface area contributed by atoms with Gasteiger partial charge in [-0.2, -0.15) is 5.10 Å². The molecule has 0 radical (unpaired) electrons. The second kappa shape index (κ2) is 8.76. The highest BCUT2D eigenvalue weighted by atomic mass is 79.9. The Morgan fingerprint density at radius 3 is 2.48 bits per heavy atom. The quantitative estimate of drug-likeness (QED) is 0.403. The monoisotopic (exact) mass is 438 g/mol. The molecule has 144 valence electrons. The number of nitro groups is 1. The first-order valence-electron chi connectivity index (χ1n) is 8.03. The van der Waals surface area contributed by atoms with Gasteiger partial charge in [0.05, 0.1) is 24.5 Å². The summed E-state index contributed by atoms with van der Waals surface area (Å²) in [4.78, 5) is 34.7. The van der Waals surface area contributed by atoms with Crippen LogP contribution in [0.1, 0.15) is 29.4 Å². The van der Waals surface area contributed by atoms with Gasteiger partial charge in [0, 0.05) is 4.47 Å². The highest BCUT2D eigenvalue weighted by molar-refractivity contribution is 9.10. The van der Waals surface area contributed by atoms with Crippen molar-refractivity contribution in [3.8, 4) is 0 Å². The number of benzene rings is 1. The summed E-state index contributed by atoms with van der Waals surface area (Å²) in [5.41, 5.74) is 1.16. The molecule has 2 rings (SSSR count). The van der Waals surface area contributed by atoms with Gasteiger partial charge in [-0.25, -0.2) is 0 Å². The van der Waals surface area contributed by atoms with Gasteiger partial charge in [0.25, 0.3) is 0 Å². The van der Waals surface area contributed by atoms with Gasteiger partial charge in [-0.1, -0.05) is 28.1 Å². The van der Waals surface area contributed by atoms with Crippen molar-refractivity contribution in [3.63, 3.8) is 0 Å². The summed E-state index contributed by atoms with van der Waals surface area (Å²) in [6, 6.07) is 6.58. The summed E-state index contributed by atoms with van der Waals surface area (Å²) in [7, 11) is 1.28. The Labute approximate surface area is 164 Å². The fourth-order valence-corrected chi connectivity index (χ4v) is 2.94. The number of esters is 1. The smallest absolute Gasteiger partial charge is 0.312 e. The Balaban J connectivity index is 2.18. The van der Waals surface area contributed by atoms with E-state index in [4.69, 9.17) is 4.74 Å². The molecule has 1 aromatic heterocycles. The Hall–Kier alpha value is -2.75. The fraction of sp³-hybridized carbons (Fsp3) is 0.353. The topological polar surface area (TPSA) is 116 Å². The second-order valence-corrected chi connectivity index (χ2v) is 6.80. The van der Waals surface area contributed by atoms with E-state index in [1.165, 1.54) is 25.6 Å². The van der Waals surface area contributed by atoms with Crippen molar-refractivity contribution in [1.82, 2.24) is 15.1 Å². The number of aromatic nitrogens is 2. The molecule has 1 amide bonds. The molecule has 1 N–H and O–H groups in total. The lowest BCUT2D eigenvalue weighted by Gasteiger charge is -2.18. The molecule has 0 fully saturated rings. The molecule has 0 bridgehead atoms. The summed E-state index contributed by atoms with van der Waals surface area (Å²) in [6.45, 7) is 2.85. The van der Waals surface area contributed by atoms with E-state index >= 15 is 0 Å². The van der Waals surface area contributed by atoms with Crippen LogP contribution in [-0.4, -0.2) is 33.7 Å². The molecule has 1 heterocycles. The molecule has 0 aliphatic carbocycles. The highest BCUT2D eigenvalue weighted by Crippen LogP contribution is 2.23. The Morgan fingerprint density at radius 2 is 1.96 bits per heavy atom. The van der Waals surface area contributed by atoms with E-state index in [1.807, 2.05) is 0 Å². The van der Waals surface area contributed by atoms with Gasteiger partial charge < -0.3 is 10.1 Å². The van der Waals surface area contributed by atoms with Gasteiger partial charge in [0.1, 0.15) is 17.9 Å². The normalized spacial score (nSPS) is 11.7. The van der Waals surface area contributed by atoms with Crippen molar-refractivity contribution in [2.24, 2.45) is 0 Å². The number of carbonyl (C=O) groups excluding carboxylic acids is 2. The maximum absolute atomic E-state index is 12.5. The average Bonchev–Trinajstić information content (AvgIpc) is 2.88. The maximum Gasteiger partial charge on any atom is 0.312 e. The number of nitrogens with zero attached hydrogens (tertiary/aromatic N) is 3. The number of carbonyl (C=O) groups is 2. The van der Waals surface area contributed by atoms with Crippen LogP contribution in [0.25, 0.3) is 0 Å². The van der Waals surface area contributed by atoms with E-state index in [0.29, 0.717) is 5.69 Å². The number of rotatable bonds is 7. The van der Waals surface area contributed by atoms with Crippen molar-refractivity contribution in [3.05, 3.63) is 55.8 Å². The largest absolute Gasteiger partial charge is 0.469 e. The number of aryl methyl sites for hydroxylation is 1. The third-order valence-corrected chi connectivity index (χ3v) is 4.55. The molecule has 1 aromatic carbocycles. The zero-order valence-electron chi connectivity index (χ0n) is 15.1. The maximum atomic E-state index is 12.5. The number of hydrogen-bond acceptors (Lipinski definition) is 6. The number of nitrogens with one attached hydrogen (secondary N) is 1. The molecular weight excluding hydrogens is 420 g/mol. The summed E-state index contributed by atoms with van der Waals surface area (Å²) >= 11 is 3.34. The standard InChI is InChI=1S/C17H19BrN4O5/c1-10-17(22(25)26)11(2)21(20-10)9-15(23)19-14(8-16(24)27-3)12-4-6-13(18)7-5-12/h4-7,14H,8-9H2,1-3H3,(H,19,23). The van der Waals surface area contributed by atoms with Crippen LogP contribution in [0, 0.1) is 24.0 Å². The second-order valence-electron chi connectivity index (χ2n) is 5.89. The molecule has 0 saturated heterocycles. The van der Waals surface area contributed by atoms with Crippen molar-refractivity contribution in [1.29, 1.82) is 0 Å². The number of ether oxygens (including phenoxy) is 1. The van der Waals surface area contributed by atoms with Gasteiger partial charge >= 0.3 is 11.7 Å². The van der Waals surface area contributed by atoms with Crippen molar-refractivity contribution in [2.75, 3.05) is 7.11 Å². The van der Waals surface area contributed by atoms with Crippen LogP contribution in [-0.2, 0) is 20.9 Å². The predicted molar refractivity (Wildman–Crippen MR) is 100 cm³/mol. The molecule has 1 unspecified atom stereocenters. The Bertz CT molecular complexity index is 863. The molecule has 10 heteroatoms. The van der Waals surface area contributed by atoms with Crippen molar-refractivity contribution in [2.45, 2.75) is 32.9 Å². The van der Waals surface area contributed by atoms with E-state index in [-0.39, 0.29) is 24.3 Å². The van der Waals surface area contributed by atoms with E-state index in [0.717, 1.165) is 10.0 Å². The van der Waals surface area contributed by atoms with Crippen LogP contribution >= 0.6 is 15.9 Å². The molecule has 2 aromatic rings. The third kappa shape index (κ3) is 5.13. The molecular formula is C17H19BrN4O5. The minimum atomic E-state index is -0.593. The van der Waals surface area contributed by atoms with Gasteiger partial charge in [-0.05, 0) is 31.5 Å². The first-order chi connectivity index (χ1) is 12.7. The summed E-state index contributed by atoms with van der Waals surface area (Å²) < 4.78 is 6.84. The van der Waals surface area contributed by atoms with Crippen LogP contribution in [0.3, 0.4) is 0 Å². The third-order valence-electron chi connectivity index (χ3n) is 4.03. The molecule has 0 spiro atoms. The lowest BCUT2D eigenvalue weighted by molar-refractivity contribution is -0.386. The molecule has 27 heavy (non-hydrogen) atoms. The highest BCUT2D eigenvalue weighted by Gasteiger charge is 2.24. The molecule has 0 aliphatic rings. The molecule has 0 aliphatic heterocycles. The summed E-state index contributed by atoms with van der Waals surface area (Å²) in [5, 5.41) is 17.9. The summed E-state index contributed by atoms with van der Waals surface area (Å²) in [6.07, 6.45) is -0.0405. The van der Waals surface area contributed by atoms with Crippen LogP contribution < -0.4 is 5.32 Å². The Kier molecular flexibility index (Phi) is 6.67. The molecule has 0 saturated carbocycles. The summed E-state index contributed by atoms with van der Waals surface area (Å²) in [5.74, 6) is -0.891. The molecule has 1 atom stereocenters. The SMILES string of the molecule is COC(=O)CC(NC(=O)Cn1nc(C)c([N+](=O)[O-])c1C)c1ccc(Br)cc1.